The molecular formula is C27H23N7O4. The summed E-state index contributed by atoms with van der Waals surface area (Å²) in [4.78, 5) is 34.1. The van der Waals surface area contributed by atoms with E-state index in [0.717, 1.165) is 16.5 Å². The molecule has 11 heteroatoms. The van der Waals surface area contributed by atoms with Crippen LogP contribution in [0.3, 0.4) is 0 Å². The highest BCUT2D eigenvalue weighted by atomic mass is 16.7. The maximum atomic E-state index is 12.5. The Bertz CT molecular complexity index is 1650. The Balaban J connectivity index is 1.09. The quantitative estimate of drug-likeness (QED) is 0.272. The van der Waals surface area contributed by atoms with E-state index in [-0.39, 0.29) is 31.4 Å². The fourth-order valence-electron chi connectivity index (χ4n) is 4.10. The summed E-state index contributed by atoms with van der Waals surface area (Å²) in [6.45, 7) is 0.518. The summed E-state index contributed by atoms with van der Waals surface area (Å²) in [5.41, 5.74) is 8.50. The van der Waals surface area contributed by atoms with E-state index >= 15 is 0 Å². The summed E-state index contributed by atoms with van der Waals surface area (Å²) < 4.78 is 12.2. The normalized spacial score (nSPS) is 12.0. The highest BCUT2D eigenvalue weighted by Gasteiger charge is 2.16. The van der Waals surface area contributed by atoms with Crippen molar-refractivity contribution in [2.45, 2.75) is 19.4 Å². The molecule has 11 nitrogen and oxygen atoms in total. The number of fused-ring (bicyclic) bond motifs is 4. The van der Waals surface area contributed by atoms with Gasteiger partial charge in [0.05, 0.1) is 5.52 Å². The van der Waals surface area contributed by atoms with Gasteiger partial charge in [0.25, 0.3) is 0 Å². The Hall–Kier alpha value is -5.19. The number of rotatable bonds is 8. The molecule has 3 heterocycles. The molecule has 0 spiro atoms. The average molecular weight is 510 g/mol. The molecule has 0 saturated heterocycles. The van der Waals surface area contributed by atoms with E-state index in [9.17, 15) is 9.59 Å². The third kappa shape index (κ3) is 4.76. The molecule has 0 atom stereocenters. The third-order valence-corrected chi connectivity index (χ3v) is 6.03. The van der Waals surface area contributed by atoms with Gasteiger partial charge in [0.2, 0.25) is 24.6 Å². The van der Waals surface area contributed by atoms with Crippen molar-refractivity contribution >= 4 is 34.3 Å². The largest absolute Gasteiger partial charge is 0.454 e. The summed E-state index contributed by atoms with van der Waals surface area (Å²) >= 11 is 0. The van der Waals surface area contributed by atoms with Crippen molar-refractivity contribution in [3.05, 3.63) is 78.4 Å². The number of carbonyl (C=O) groups is 2. The zero-order valence-corrected chi connectivity index (χ0v) is 20.2. The first-order valence-corrected chi connectivity index (χ1v) is 12.0. The van der Waals surface area contributed by atoms with Crippen LogP contribution in [0.25, 0.3) is 27.9 Å². The van der Waals surface area contributed by atoms with Crippen molar-refractivity contribution in [2.75, 3.05) is 12.2 Å². The van der Waals surface area contributed by atoms with Crippen LogP contribution in [0, 0.1) is 0 Å². The van der Waals surface area contributed by atoms with Gasteiger partial charge in [-0.2, -0.15) is 4.52 Å². The molecule has 3 N–H and O–H groups in total. The molecule has 0 aliphatic carbocycles. The lowest BCUT2D eigenvalue weighted by Crippen LogP contribution is -2.32. The molecule has 0 saturated carbocycles. The van der Waals surface area contributed by atoms with Crippen LogP contribution in [-0.2, 0) is 16.1 Å². The molecule has 0 unspecified atom stereocenters. The van der Waals surface area contributed by atoms with E-state index in [4.69, 9.17) is 14.5 Å². The second-order valence-corrected chi connectivity index (χ2v) is 8.63. The number of nitrogens with one attached hydrogen (secondary N) is 3. The topological polar surface area (TPSA) is 132 Å². The van der Waals surface area contributed by atoms with Crippen molar-refractivity contribution in [1.82, 2.24) is 30.3 Å². The van der Waals surface area contributed by atoms with Crippen molar-refractivity contribution in [2.24, 2.45) is 0 Å². The molecule has 1 aliphatic heterocycles. The van der Waals surface area contributed by atoms with Crippen LogP contribution in [0.2, 0.25) is 0 Å². The average Bonchev–Trinajstić information content (AvgIpc) is 3.62. The minimum atomic E-state index is -0.366. The number of hydrogen-bond acceptors (Lipinski definition) is 8. The third-order valence-electron chi connectivity index (χ3n) is 6.03. The van der Waals surface area contributed by atoms with Gasteiger partial charge in [-0.1, -0.05) is 48.5 Å². The highest BCUT2D eigenvalue weighted by Crippen LogP contribution is 2.32. The number of aromatic nitrogens is 4. The fraction of sp³-hybridized carbons (Fsp3) is 0.148. The van der Waals surface area contributed by atoms with E-state index in [1.807, 2.05) is 66.7 Å². The van der Waals surface area contributed by atoms with Crippen LogP contribution < -0.4 is 25.6 Å². The SMILES string of the molecule is O=C(CCC(=O)NNc1nc2ccccc2c2nc(-c3ccccc3)nn12)NCc1ccc2c(c1)OCO2. The number of anilines is 1. The number of hydrazine groups is 1. The predicted molar refractivity (Wildman–Crippen MR) is 139 cm³/mol. The first-order chi connectivity index (χ1) is 18.6. The van der Waals surface area contributed by atoms with Gasteiger partial charge in [-0.15, -0.1) is 5.10 Å². The zero-order chi connectivity index (χ0) is 25.9. The van der Waals surface area contributed by atoms with Crippen molar-refractivity contribution < 1.29 is 19.1 Å². The lowest BCUT2D eigenvalue weighted by atomic mass is 10.2. The fourth-order valence-corrected chi connectivity index (χ4v) is 4.10. The molecule has 0 bridgehead atoms. The molecule has 0 fully saturated rings. The van der Waals surface area contributed by atoms with E-state index in [0.29, 0.717) is 41.0 Å². The van der Waals surface area contributed by atoms with Crippen LogP contribution in [0.5, 0.6) is 11.5 Å². The predicted octanol–water partition coefficient (Wildman–Crippen LogP) is 3.21. The number of amides is 2. The molecule has 38 heavy (non-hydrogen) atoms. The second-order valence-electron chi connectivity index (χ2n) is 8.63. The second kappa shape index (κ2) is 10.1. The van der Waals surface area contributed by atoms with Crippen LogP contribution in [0.4, 0.5) is 5.95 Å². The molecule has 2 aromatic heterocycles. The summed E-state index contributed by atoms with van der Waals surface area (Å²) in [7, 11) is 0. The number of ether oxygens (including phenoxy) is 2. The molecule has 190 valence electrons. The summed E-state index contributed by atoms with van der Waals surface area (Å²) in [6.07, 6.45) is 0.0173. The summed E-state index contributed by atoms with van der Waals surface area (Å²) in [5, 5.41) is 8.25. The lowest BCUT2D eigenvalue weighted by molar-refractivity contribution is -0.126. The van der Waals surface area contributed by atoms with Crippen molar-refractivity contribution in [1.29, 1.82) is 0 Å². The van der Waals surface area contributed by atoms with Crippen LogP contribution in [0.1, 0.15) is 18.4 Å². The summed E-state index contributed by atoms with van der Waals surface area (Å²) in [5.74, 6) is 1.57. The number of benzene rings is 3. The van der Waals surface area contributed by atoms with Gasteiger partial charge in [0.15, 0.2) is 23.0 Å². The molecule has 5 aromatic rings. The van der Waals surface area contributed by atoms with Crippen LogP contribution >= 0.6 is 0 Å². The standard InChI is InChI=1S/C27H23N7O4/c35-23(28-15-17-10-11-21-22(14-17)38-16-37-21)12-13-24(36)31-32-27-29-20-9-5-4-8-19(20)26-30-25(33-34(26)27)18-6-2-1-3-7-18/h1-11,14H,12-13,15-16H2,(H,28,35)(H,29,32)(H,31,36). The number of para-hydroxylation sites is 1. The Morgan fingerprint density at radius 2 is 1.66 bits per heavy atom. The first kappa shape index (κ1) is 23.2. The van der Waals surface area contributed by atoms with Gasteiger partial charge in [-0.25, -0.2) is 9.97 Å². The number of carbonyl (C=O) groups excluding carboxylic acids is 2. The number of nitrogens with zero attached hydrogens (tertiary/aromatic N) is 4. The smallest absolute Gasteiger partial charge is 0.245 e. The molecule has 6 rings (SSSR count). The Labute approximate surface area is 216 Å². The Morgan fingerprint density at radius 1 is 0.868 bits per heavy atom. The minimum Gasteiger partial charge on any atom is -0.454 e. The van der Waals surface area contributed by atoms with E-state index in [1.165, 1.54) is 0 Å². The van der Waals surface area contributed by atoms with Gasteiger partial charge < -0.3 is 14.8 Å². The van der Waals surface area contributed by atoms with E-state index < -0.39 is 0 Å². The van der Waals surface area contributed by atoms with Gasteiger partial charge in [0.1, 0.15) is 0 Å². The summed E-state index contributed by atoms with van der Waals surface area (Å²) in [6, 6.07) is 22.7. The van der Waals surface area contributed by atoms with Gasteiger partial charge in [0, 0.05) is 30.3 Å². The Kier molecular flexibility index (Phi) is 6.14. The van der Waals surface area contributed by atoms with E-state index in [2.05, 4.69) is 26.3 Å². The molecule has 1 aliphatic rings. The highest BCUT2D eigenvalue weighted by molar-refractivity contribution is 5.93. The van der Waals surface area contributed by atoms with E-state index in [1.54, 1.807) is 10.6 Å². The lowest BCUT2D eigenvalue weighted by Gasteiger charge is -2.10. The maximum absolute atomic E-state index is 12.5. The van der Waals surface area contributed by atoms with Crippen LogP contribution in [0.15, 0.2) is 72.8 Å². The number of hydrogen-bond donors (Lipinski definition) is 3. The molecular weight excluding hydrogens is 486 g/mol. The van der Waals surface area contributed by atoms with Crippen LogP contribution in [-0.4, -0.2) is 38.2 Å². The molecule has 2 amide bonds. The minimum absolute atomic E-state index is 0.0106. The zero-order valence-electron chi connectivity index (χ0n) is 20.2. The monoisotopic (exact) mass is 509 g/mol. The van der Waals surface area contributed by atoms with Crippen molar-refractivity contribution in [3.8, 4) is 22.9 Å². The maximum Gasteiger partial charge on any atom is 0.245 e. The first-order valence-electron chi connectivity index (χ1n) is 12.0. The van der Waals surface area contributed by atoms with Gasteiger partial charge >= 0.3 is 0 Å². The molecule has 3 aromatic carbocycles. The van der Waals surface area contributed by atoms with Gasteiger partial charge in [-0.3, -0.25) is 20.4 Å². The Morgan fingerprint density at radius 3 is 2.55 bits per heavy atom. The van der Waals surface area contributed by atoms with Crippen molar-refractivity contribution in [3.63, 3.8) is 0 Å². The van der Waals surface area contributed by atoms with Gasteiger partial charge in [-0.05, 0) is 29.8 Å². The molecule has 0 radical (unpaired) electrons.